The van der Waals surface area contributed by atoms with E-state index in [1.807, 2.05) is 0 Å². The van der Waals surface area contributed by atoms with Crippen LogP contribution in [-0.2, 0) is 14.8 Å². The number of hydrogen-bond acceptors (Lipinski definition) is 4. The minimum Gasteiger partial charge on any atom is -0.490 e. The van der Waals surface area contributed by atoms with Crippen LogP contribution in [0, 0.1) is 5.41 Å². The molecule has 0 atom stereocenters. The lowest BCUT2D eigenvalue weighted by molar-refractivity contribution is -0.127. The van der Waals surface area contributed by atoms with Crippen molar-refractivity contribution < 1.29 is 17.9 Å². The van der Waals surface area contributed by atoms with E-state index in [2.05, 4.69) is 11.3 Å². The van der Waals surface area contributed by atoms with Crippen molar-refractivity contribution in [2.75, 3.05) is 22.8 Å². The third-order valence-electron chi connectivity index (χ3n) is 4.35. The highest BCUT2D eigenvalue weighted by atomic mass is 35.5. The highest BCUT2D eigenvalue weighted by Gasteiger charge is 2.37. The molecule has 0 aromatic heterocycles. The van der Waals surface area contributed by atoms with E-state index in [-0.39, 0.29) is 29.0 Å². The first-order valence-corrected chi connectivity index (χ1v) is 10.5. The summed E-state index contributed by atoms with van der Waals surface area (Å²) in [5, 5.41) is 0.123. The smallest absolute Gasteiger partial charge is 0.263 e. The molecular weight excluding hydrogens is 400 g/mol. The van der Waals surface area contributed by atoms with E-state index in [0.29, 0.717) is 17.1 Å². The monoisotopic (exact) mass is 420 g/mol. The van der Waals surface area contributed by atoms with Crippen LogP contribution in [0.4, 0.5) is 11.4 Å². The first-order valence-electron chi connectivity index (χ1n) is 8.63. The Bertz CT molecular complexity index is 1030. The van der Waals surface area contributed by atoms with E-state index in [9.17, 15) is 13.2 Å². The van der Waals surface area contributed by atoms with Gasteiger partial charge in [-0.1, -0.05) is 29.8 Å². The molecule has 0 spiro atoms. The van der Waals surface area contributed by atoms with E-state index in [4.69, 9.17) is 16.3 Å². The third-order valence-corrected chi connectivity index (χ3v) is 6.23. The Hall–Kier alpha value is -2.51. The van der Waals surface area contributed by atoms with E-state index >= 15 is 0 Å². The van der Waals surface area contributed by atoms with E-state index in [0.717, 1.165) is 0 Å². The molecule has 3 rings (SSSR count). The number of carbonyl (C=O) groups is 1. The number of hydrogen-bond donors (Lipinski definition) is 1. The van der Waals surface area contributed by atoms with Crippen LogP contribution in [0.1, 0.15) is 13.8 Å². The van der Waals surface area contributed by atoms with Gasteiger partial charge in [-0.05, 0) is 44.2 Å². The van der Waals surface area contributed by atoms with Crippen molar-refractivity contribution in [1.82, 2.24) is 0 Å². The maximum absolute atomic E-state index is 12.9. The number of fused-ring (bicyclic) bond motifs is 1. The number of rotatable bonds is 5. The Morgan fingerprint density at radius 2 is 2.00 bits per heavy atom. The minimum atomic E-state index is -3.89. The lowest BCUT2D eigenvalue weighted by Gasteiger charge is -2.27. The summed E-state index contributed by atoms with van der Waals surface area (Å²) in [5.41, 5.74) is 0.0536. The fourth-order valence-electron chi connectivity index (χ4n) is 2.89. The zero-order valence-corrected chi connectivity index (χ0v) is 17.2. The van der Waals surface area contributed by atoms with E-state index < -0.39 is 15.4 Å². The van der Waals surface area contributed by atoms with Gasteiger partial charge < -0.3 is 9.64 Å². The molecular formula is C20H21ClN2O4S. The van der Waals surface area contributed by atoms with Crippen LogP contribution in [0.2, 0.25) is 5.02 Å². The molecule has 0 bridgehead atoms. The molecule has 0 radical (unpaired) electrons. The summed E-state index contributed by atoms with van der Waals surface area (Å²) in [7, 11) is -3.89. The number of amides is 1. The van der Waals surface area contributed by atoms with Gasteiger partial charge in [0.2, 0.25) is 5.91 Å². The summed E-state index contributed by atoms with van der Waals surface area (Å²) >= 11 is 6.02. The Labute approximate surface area is 169 Å². The second-order valence-corrected chi connectivity index (χ2v) is 9.15. The van der Waals surface area contributed by atoms with Gasteiger partial charge in [-0.15, -0.1) is 6.58 Å². The summed E-state index contributed by atoms with van der Waals surface area (Å²) in [6.45, 7) is 7.82. The van der Waals surface area contributed by atoms with Crippen LogP contribution in [0.15, 0.2) is 60.0 Å². The number of nitrogens with one attached hydrogen (secondary N) is 1. The second kappa shape index (κ2) is 7.48. The van der Waals surface area contributed by atoms with Crippen LogP contribution < -0.4 is 14.4 Å². The molecule has 1 heterocycles. The molecule has 28 heavy (non-hydrogen) atoms. The van der Waals surface area contributed by atoms with Gasteiger partial charge in [-0.25, -0.2) is 8.42 Å². The number of carbonyl (C=O) groups excluding carboxylic acids is 1. The predicted molar refractivity (Wildman–Crippen MR) is 111 cm³/mol. The molecule has 148 valence electrons. The van der Waals surface area contributed by atoms with Crippen molar-refractivity contribution >= 4 is 38.9 Å². The summed E-state index contributed by atoms with van der Waals surface area (Å²) in [4.78, 5) is 14.4. The highest BCUT2D eigenvalue weighted by molar-refractivity contribution is 7.92. The molecule has 8 heteroatoms. The quantitative estimate of drug-likeness (QED) is 0.739. The largest absolute Gasteiger partial charge is 0.490 e. The number of nitrogens with zero attached hydrogens (tertiary/aromatic N) is 1. The zero-order valence-electron chi connectivity index (χ0n) is 15.6. The lowest BCUT2D eigenvalue weighted by Crippen LogP contribution is -2.42. The first-order chi connectivity index (χ1) is 13.2. The number of sulfonamides is 1. The van der Waals surface area contributed by atoms with Gasteiger partial charge in [0.05, 0.1) is 21.8 Å². The molecule has 0 fully saturated rings. The molecule has 2 aromatic rings. The van der Waals surface area contributed by atoms with Crippen molar-refractivity contribution in [3.05, 3.63) is 60.1 Å². The molecule has 0 saturated carbocycles. The van der Waals surface area contributed by atoms with Crippen molar-refractivity contribution in [2.24, 2.45) is 5.41 Å². The summed E-state index contributed by atoms with van der Waals surface area (Å²) < 4.78 is 33.7. The normalized spacial score (nSPS) is 16.0. The maximum Gasteiger partial charge on any atom is 0.263 e. The van der Waals surface area contributed by atoms with Gasteiger partial charge in [0.25, 0.3) is 10.0 Å². The number of anilines is 2. The summed E-state index contributed by atoms with van der Waals surface area (Å²) in [6.07, 6.45) is 1.61. The van der Waals surface area contributed by atoms with Crippen molar-refractivity contribution in [3.63, 3.8) is 0 Å². The first kappa shape index (κ1) is 20.2. The zero-order chi connectivity index (χ0) is 20.5. The van der Waals surface area contributed by atoms with E-state index in [1.54, 1.807) is 55.2 Å². The molecule has 1 aliphatic heterocycles. The molecule has 1 N–H and O–H groups in total. The van der Waals surface area contributed by atoms with Gasteiger partial charge in [-0.3, -0.25) is 9.52 Å². The molecule has 6 nitrogen and oxygen atoms in total. The molecule has 0 unspecified atom stereocenters. The summed E-state index contributed by atoms with van der Waals surface area (Å²) in [6, 6.07) is 11.0. The van der Waals surface area contributed by atoms with Crippen LogP contribution in [-0.4, -0.2) is 27.5 Å². The SMILES string of the molecule is C=CCN1C(=O)C(C)(C)COc2ccc(NS(=O)(=O)c3ccccc3Cl)cc21. The van der Waals surface area contributed by atoms with Crippen molar-refractivity contribution in [1.29, 1.82) is 0 Å². The van der Waals surface area contributed by atoms with E-state index in [1.165, 1.54) is 12.1 Å². The van der Waals surface area contributed by atoms with Crippen LogP contribution >= 0.6 is 11.6 Å². The van der Waals surface area contributed by atoms with Crippen molar-refractivity contribution in [2.45, 2.75) is 18.7 Å². The second-order valence-electron chi connectivity index (χ2n) is 7.10. The Morgan fingerprint density at radius 3 is 2.68 bits per heavy atom. The highest BCUT2D eigenvalue weighted by Crippen LogP contribution is 2.38. The molecule has 2 aromatic carbocycles. The van der Waals surface area contributed by atoms with Crippen LogP contribution in [0.25, 0.3) is 0 Å². The molecule has 0 saturated heterocycles. The maximum atomic E-state index is 12.9. The fourth-order valence-corrected chi connectivity index (χ4v) is 4.46. The topological polar surface area (TPSA) is 75.7 Å². The Balaban J connectivity index is 2.01. The number of halogens is 1. The van der Waals surface area contributed by atoms with Crippen LogP contribution in [0.3, 0.4) is 0 Å². The fraction of sp³-hybridized carbons (Fsp3) is 0.250. The molecule has 0 aliphatic carbocycles. The van der Waals surface area contributed by atoms with Crippen LogP contribution in [0.5, 0.6) is 5.75 Å². The molecule has 1 amide bonds. The lowest BCUT2D eigenvalue weighted by atomic mass is 9.93. The predicted octanol–water partition coefficient (Wildman–Crippen LogP) is 4.08. The van der Waals surface area contributed by atoms with Gasteiger partial charge >= 0.3 is 0 Å². The number of ether oxygens (including phenoxy) is 1. The van der Waals surface area contributed by atoms with Gasteiger partial charge in [0.15, 0.2) is 0 Å². The van der Waals surface area contributed by atoms with Crippen molar-refractivity contribution in [3.8, 4) is 5.75 Å². The van der Waals surface area contributed by atoms with Gasteiger partial charge in [-0.2, -0.15) is 0 Å². The Kier molecular flexibility index (Phi) is 5.41. The van der Waals surface area contributed by atoms with Gasteiger partial charge in [0, 0.05) is 6.54 Å². The Morgan fingerprint density at radius 1 is 1.29 bits per heavy atom. The average molecular weight is 421 g/mol. The minimum absolute atomic E-state index is 0.0250. The van der Waals surface area contributed by atoms with Gasteiger partial charge in [0.1, 0.15) is 17.3 Å². The average Bonchev–Trinajstić information content (AvgIpc) is 2.72. The molecule has 1 aliphatic rings. The number of benzene rings is 2. The standard InChI is InChI=1S/C20H21ClN2O4S/c1-4-11-23-16-12-14(9-10-17(16)27-13-20(2,3)19(23)24)22-28(25,26)18-8-6-5-7-15(18)21/h4-10,12,22H,1,11,13H2,2-3H3. The summed E-state index contributed by atoms with van der Waals surface area (Å²) in [5.74, 6) is 0.374. The third kappa shape index (κ3) is 3.86.